The Balaban J connectivity index is 1.68. The molecule has 2 aliphatic heterocycles. The van der Waals surface area contributed by atoms with Crippen LogP contribution in [-0.4, -0.2) is 5.11 Å². The first-order valence-corrected chi connectivity index (χ1v) is 6.88. The monoisotopic (exact) mass is 268 g/mol. The Bertz CT molecular complexity index is 606. The summed E-state index contributed by atoms with van der Waals surface area (Å²) in [6.07, 6.45) is -0.591. The number of aliphatic hydroxyl groups excluding tert-OH is 1. The standard InChI is InChI=1S/C17H16O3/c18-17(11-1-3-13-7-19-9-15(13)5-11)12-2-4-14-8-20-10-16(14)6-12/h1-6,17-18H,7-10H2. The Kier molecular flexibility index (Phi) is 2.84. The van der Waals surface area contributed by atoms with Gasteiger partial charge in [0.2, 0.25) is 0 Å². The van der Waals surface area contributed by atoms with E-state index in [2.05, 4.69) is 24.3 Å². The summed E-state index contributed by atoms with van der Waals surface area (Å²) in [7, 11) is 0. The van der Waals surface area contributed by atoms with E-state index in [1.54, 1.807) is 0 Å². The van der Waals surface area contributed by atoms with Crippen LogP contribution in [0.3, 0.4) is 0 Å². The maximum absolute atomic E-state index is 10.6. The van der Waals surface area contributed by atoms with Gasteiger partial charge in [0.15, 0.2) is 0 Å². The zero-order chi connectivity index (χ0) is 13.5. The molecule has 2 aromatic carbocycles. The summed E-state index contributed by atoms with van der Waals surface area (Å²) in [5, 5.41) is 10.6. The summed E-state index contributed by atoms with van der Waals surface area (Å²) in [5.41, 5.74) is 6.67. The average molecular weight is 268 g/mol. The van der Waals surface area contributed by atoms with Gasteiger partial charge >= 0.3 is 0 Å². The molecule has 0 aliphatic carbocycles. The third kappa shape index (κ3) is 1.95. The summed E-state index contributed by atoms with van der Waals surface area (Å²) < 4.78 is 10.8. The first-order valence-electron chi connectivity index (χ1n) is 6.88. The molecule has 2 aliphatic rings. The van der Waals surface area contributed by atoms with Gasteiger partial charge in [0.05, 0.1) is 26.4 Å². The molecule has 0 unspecified atom stereocenters. The second-order valence-electron chi connectivity index (χ2n) is 5.44. The summed E-state index contributed by atoms with van der Waals surface area (Å²) in [4.78, 5) is 0. The van der Waals surface area contributed by atoms with Crippen molar-refractivity contribution in [3.05, 3.63) is 69.8 Å². The molecular formula is C17H16O3. The molecule has 3 heteroatoms. The molecule has 3 nitrogen and oxygen atoms in total. The van der Waals surface area contributed by atoms with Crippen molar-refractivity contribution in [3.8, 4) is 0 Å². The van der Waals surface area contributed by atoms with Gasteiger partial charge in [0.1, 0.15) is 6.10 Å². The maximum Gasteiger partial charge on any atom is 0.104 e. The number of ether oxygens (including phenoxy) is 2. The van der Waals surface area contributed by atoms with Crippen molar-refractivity contribution in [2.75, 3.05) is 0 Å². The van der Waals surface area contributed by atoms with Gasteiger partial charge in [0.25, 0.3) is 0 Å². The van der Waals surface area contributed by atoms with E-state index in [9.17, 15) is 5.11 Å². The molecule has 0 atom stereocenters. The van der Waals surface area contributed by atoms with Gasteiger partial charge in [-0.1, -0.05) is 36.4 Å². The number of hydrogen-bond acceptors (Lipinski definition) is 3. The first kappa shape index (κ1) is 12.1. The quantitative estimate of drug-likeness (QED) is 0.910. The molecule has 0 saturated carbocycles. The molecule has 1 N–H and O–H groups in total. The third-order valence-corrected chi connectivity index (χ3v) is 4.12. The molecule has 4 rings (SSSR count). The smallest absolute Gasteiger partial charge is 0.104 e. The van der Waals surface area contributed by atoms with Crippen molar-refractivity contribution in [2.24, 2.45) is 0 Å². The predicted molar refractivity (Wildman–Crippen MR) is 73.9 cm³/mol. The minimum absolute atomic E-state index is 0.591. The number of fused-ring (bicyclic) bond motifs is 2. The molecule has 0 bridgehead atoms. The van der Waals surface area contributed by atoms with Crippen LogP contribution < -0.4 is 0 Å². The highest BCUT2D eigenvalue weighted by Gasteiger charge is 2.18. The summed E-state index contributed by atoms with van der Waals surface area (Å²) in [6.45, 7) is 2.66. The highest BCUT2D eigenvalue weighted by Crippen LogP contribution is 2.30. The molecular weight excluding hydrogens is 252 g/mol. The SMILES string of the molecule is OC(c1ccc2c(c1)COC2)c1ccc2c(c1)COC2. The first-order chi connectivity index (χ1) is 9.81. The molecule has 2 heterocycles. The highest BCUT2D eigenvalue weighted by atomic mass is 16.5. The number of aliphatic hydroxyl groups is 1. The van der Waals surface area contributed by atoms with Crippen molar-refractivity contribution >= 4 is 0 Å². The van der Waals surface area contributed by atoms with Gasteiger partial charge in [0, 0.05) is 0 Å². The van der Waals surface area contributed by atoms with E-state index < -0.39 is 6.10 Å². The van der Waals surface area contributed by atoms with Crippen LogP contribution in [0.25, 0.3) is 0 Å². The van der Waals surface area contributed by atoms with E-state index >= 15 is 0 Å². The molecule has 0 spiro atoms. The van der Waals surface area contributed by atoms with Crippen LogP contribution in [0.15, 0.2) is 36.4 Å². The summed E-state index contributed by atoms with van der Waals surface area (Å²) in [6, 6.07) is 12.2. The van der Waals surface area contributed by atoms with Crippen molar-refractivity contribution in [1.29, 1.82) is 0 Å². The van der Waals surface area contributed by atoms with Crippen LogP contribution in [0.4, 0.5) is 0 Å². The van der Waals surface area contributed by atoms with Gasteiger partial charge < -0.3 is 14.6 Å². The van der Waals surface area contributed by atoms with Crippen molar-refractivity contribution in [1.82, 2.24) is 0 Å². The number of benzene rings is 2. The predicted octanol–water partition coefficient (Wildman–Crippen LogP) is 2.83. The Morgan fingerprint density at radius 2 is 1.15 bits per heavy atom. The second kappa shape index (κ2) is 4.70. The lowest BCUT2D eigenvalue weighted by molar-refractivity contribution is 0.134. The zero-order valence-electron chi connectivity index (χ0n) is 11.1. The molecule has 20 heavy (non-hydrogen) atoms. The van der Waals surface area contributed by atoms with Gasteiger partial charge in [-0.25, -0.2) is 0 Å². The van der Waals surface area contributed by atoms with E-state index in [1.165, 1.54) is 22.3 Å². The fourth-order valence-corrected chi connectivity index (χ4v) is 2.92. The van der Waals surface area contributed by atoms with Crippen molar-refractivity contribution < 1.29 is 14.6 Å². The Hall–Kier alpha value is -1.68. The molecule has 0 radical (unpaired) electrons. The van der Waals surface area contributed by atoms with Gasteiger partial charge in [-0.15, -0.1) is 0 Å². The van der Waals surface area contributed by atoms with Gasteiger partial charge in [-0.05, 0) is 33.4 Å². The Labute approximate surface area is 117 Å². The average Bonchev–Trinajstić information content (AvgIpc) is 3.13. The summed E-state index contributed by atoms with van der Waals surface area (Å²) >= 11 is 0. The summed E-state index contributed by atoms with van der Waals surface area (Å²) in [5.74, 6) is 0. The lowest BCUT2D eigenvalue weighted by Gasteiger charge is -2.13. The Morgan fingerprint density at radius 3 is 1.65 bits per heavy atom. The van der Waals surface area contributed by atoms with Crippen molar-refractivity contribution in [2.45, 2.75) is 32.5 Å². The molecule has 0 saturated heterocycles. The minimum atomic E-state index is -0.591. The molecule has 0 fully saturated rings. The van der Waals surface area contributed by atoms with Crippen LogP contribution >= 0.6 is 0 Å². The Morgan fingerprint density at radius 1 is 0.700 bits per heavy atom. The number of hydrogen-bond donors (Lipinski definition) is 1. The van der Waals surface area contributed by atoms with Crippen LogP contribution in [0.5, 0.6) is 0 Å². The molecule has 102 valence electrons. The van der Waals surface area contributed by atoms with Crippen LogP contribution in [0.2, 0.25) is 0 Å². The van der Waals surface area contributed by atoms with E-state index in [1.807, 2.05) is 12.1 Å². The fourth-order valence-electron chi connectivity index (χ4n) is 2.92. The van der Waals surface area contributed by atoms with Gasteiger partial charge in [-0.2, -0.15) is 0 Å². The van der Waals surface area contributed by atoms with E-state index in [-0.39, 0.29) is 0 Å². The van der Waals surface area contributed by atoms with E-state index in [0.717, 1.165) is 11.1 Å². The molecule has 2 aromatic rings. The second-order valence-corrected chi connectivity index (χ2v) is 5.44. The van der Waals surface area contributed by atoms with Crippen LogP contribution in [0, 0.1) is 0 Å². The van der Waals surface area contributed by atoms with Crippen LogP contribution in [-0.2, 0) is 35.9 Å². The lowest BCUT2D eigenvalue weighted by atomic mass is 9.96. The largest absolute Gasteiger partial charge is 0.384 e. The maximum atomic E-state index is 10.6. The lowest BCUT2D eigenvalue weighted by Crippen LogP contribution is -2.01. The highest BCUT2D eigenvalue weighted by molar-refractivity contribution is 5.40. The molecule has 0 amide bonds. The molecule has 0 aromatic heterocycles. The van der Waals surface area contributed by atoms with Gasteiger partial charge in [-0.3, -0.25) is 0 Å². The minimum Gasteiger partial charge on any atom is -0.384 e. The number of rotatable bonds is 2. The normalized spacial score (nSPS) is 16.5. The topological polar surface area (TPSA) is 38.7 Å². The van der Waals surface area contributed by atoms with Crippen molar-refractivity contribution in [3.63, 3.8) is 0 Å². The third-order valence-electron chi connectivity index (χ3n) is 4.12. The van der Waals surface area contributed by atoms with E-state index in [4.69, 9.17) is 9.47 Å². The fraction of sp³-hybridized carbons (Fsp3) is 0.294. The zero-order valence-corrected chi connectivity index (χ0v) is 11.1. The van der Waals surface area contributed by atoms with E-state index in [0.29, 0.717) is 26.4 Å². The van der Waals surface area contributed by atoms with Crippen LogP contribution in [0.1, 0.15) is 39.5 Å².